The molecule has 1 rings (SSSR count). The Bertz CT molecular complexity index is 451. The number of urea groups is 1. The Morgan fingerprint density at radius 3 is 2.60 bits per heavy atom. The molecule has 112 valence electrons. The normalized spacial score (nSPS) is 11.9. The number of aromatic nitrogens is 2. The van der Waals surface area contributed by atoms with Gasteiger partial charge in [0, 0.05) is 13.0 Å². The van der Waals surface area contributed by atoms with E-state index in [1.807, 2.05) is 20.8 Å². The summed E-state index contributed by atoms with van der Waals surface area (Å²) >= 11 is 0. The van der Waals surface area contributed by atoms with Gasteiger partial charge < -0.3 is 15.7 Å². The molecule has 2 amide bonds. The van der Waals surface area contributed by atoms with Crippen molar-refractivity contribution in [3.63, 3.8) is 0 Å². The summed E-state index contributed by atoms with van der Waals surface area (Å²) in [4.78, 5) is 22.1. The molecule has 20 heavy (non-hydrogen) atoms. The summed E-state index contributed by atoms with van der Waals surface area (Å²) in [5.41, 5.74) is 2.25. The lowest BCUT2D eigenvalue weighted by atomic mass is 10.0. The fourth-order valence-corrected chi connectivity index (χ4v) is 1.84. The summed E-state index contributed by atoms with van der Waals surface area (Å²) in [5.74, 6) is -0.516. The monoisotopic (exact) mass is 282 g/mol. The molecule has 7 nitrogen and oxygen atoms in total. The van der Waals surface area contributed by atoms with Crippen molar-refractivity contribution in [1.82, 2.24) is 15.5 Å². The van der Waals surface area contributed by atoms with Gasteiger partial charge in [0.15, 0.2) is 0 Å². The van der Waals surface area contributed by atoms with Crippen molar-refractivity contribution in [2.24, 2.45) is 5.92 Å². The standard InChI is InChI=1S/C13H22N4O3/c1-8(4-5-11(18)19)6-7-14-13(20)15-12-9(2)16-17-10(12)3/h8H,4-7H2,1-3H3,(H,16,17)(H,18,19)(H2,14,15,20). The van der Waals surface area contributed by atoms with Crippen LogP contribution in [-0.4, -0.2) is 33.8 Å². The number of anilines is 1. The molecule has 0 aliphatic heterocycles. The zero-order valence-corrected chi connectivity index (χ0v) is 12.1. The van der Waals surface area contributed by atoms with E-state index in [1.165, 1.54) is 0 Å². The molecular weight excluding hydrogens is 260 g/mol. The smallest absolute Gasteiger partial charge is 0.319 e. The highest BCUT2D eigenvalue weighted by Crippen LogP contribution is 2.15. The van der Waals surface area contributed by atoms with E-state index in [0.29, 0.717) is 18.7 Å². The van der Waals surface area contributed by atoms with Crippen LogP contribution in [0, 0.1) is 19.8 Å². The Labute approximate surface area is 118 Å². The lowest BCUT2D eigenvalue weighted by Crippen LogP contribution is -2.30. The van der Waals surface area contributed by atoms with E-state index in [2.05, 4.69) is 20.8 Å². The van der Waals surface area contributed by atoms with Gasteiger partial charge in [-0.1, -0.05) is 6.92 Å². The van der Waals surface area contributed by atoms with Crippen molar-refractivity contribution in [3.8, 4) is 0 Å². The molecule has 1 heterocycles. The lowest BCUT2D eigenvalue weighted by molar-refractivity contribution is -0.137. The number of H-pyrrole nitrogens is 1. The number of hydrogen-bond donors (Lipinski definition) is 4. The molecule has 0 aliphatic rings. The van der Waals surface area contributed by atoms with E-state index in [4.69, 9.17) is 5.11 Å². The molecule has 1 atom stereocenters. The molecule has 4 N–H and O–H groups in total. The number of hydrogen-bond acceptors (Lipinski definition) is 3. The molecule has 0 aliphatic carbocycles. The fraction of sp³-hybridized carbons (Fsp3) is 0.615. The van der Waals surface area contributed by atoms with Crippen LogP contribution in [0.3, 0.4) is 0 Å². The van der Waals surface area contributed by atoms with Crippen LogP contribution < -0.4 is 10.6 Å². The van der Waals surface area contributed by atoms with Gasteiger partial charge in [-0.15, -0.1) is 0 Å². The average Bonchev–Trinajstić information content (AvgIpc) is 2.68. The molecule has 0 fully saturated rings. The fourth-order valence-electron chi connectivity index (χ4n) is 1.84. The van der Waals surface area contributed by atoms with Crippen LogP contribution in [0.4, 0.5) is 10.5 Å². The third kappa shape index (κ3) is 5.29. The molecule has 7 heteroatoms. The van der Waals surface area contributed by atoms with Gasteiger partial charge >= 0.3 is 12.0 Å². The van der Waals surface area contributed by atoms with Gasteiger partial charge in [0.05, 0.1) is 17.1 Å². The first-order valence-electron chi connectivity index (χ1n) is 6.68. The Morgan fingerprint density at radius 1 is 1.35 bits per heavy atom. The Hall–Kier alpha value is -2.05. The van der Waals surface area contributed by atoms with Crippen molar-refractivity contribution in [2.75, 3.05) is 11.9 Å². The molecule has 0 spiro atoms. The zero-order valence-electron chi connectivity index (χ0n) is 12.1. The van der Waals surface area contributed by atoms with Crippen LogP contribution in [0.2, 0.25) is 0 Å². The van der Waals surface area contributed by atoms with Crippen LogP contribution in [0.25, 0.3) is 0 Å². The molecule has 1 unspecified atom stereocenters. The summed E-state index contributed by atoms with van der Waals surface area (Å²) in [7, 11) is 0. The molecule has 1 aromatic rings. The van der Waals surface area contributed by atoms with Gasteiger partial charge in [-0.3, -0.25) is 9.89 Å². The number of carboxylic acids is 1. The number of aryl methyl sites for hydroxylation is 2. The van der Waals surface area contributed by atoms with Crippen LogP contribution in [0.15, 0.2) is 0 Å². The first-order valence-corrected chi connectivity index (χ1v) is 6.68. The molecule has 0 saturated carbocycles. The summed E-state index contributed by atoms with van der Waals surface area (Å²) in [6.45, 7) is 6.14. The largest absolute Gasteiger partial charge is 0.481 e. The van der Waals surface area contributed by atoms with Crippen molar-refractivity contribution in [1.29, 1.82) is 0 Å². The second-order valence-corrected chi connectivity index (χ2v) is 5.02. The maximum Gasteiger partial charge on any atom is 0.319 e. The summed E-state index contributed by atoms with van der Waals surface area (Å²) in [6, 6.07) is -0.275. The first-order chi connectivity index (χ1) is 9.40. The SMILES string of the molecule is Cc1n[nH]c(C)c1NC(=O)NCCC(C)CCC(=O)O. The minimum absolute atomic E-state index is 0.167. The highest BCUT2D eigenvalue weighted by atomic mass is 16.4. The number of aliphatic carboxylic acids is 1. The van der Waals surface area contributed by atoms with E-state index in [9.17, 15) is 9.59 Å². The summed E-state index contributed by atoms with van der Waals surface area (Å²) in [5, 5.41) is 20.9. The van der Waals surface area contributed by atoms with Gasteiger partial charge in [-0.2, -0.15) is 5.10 Å². The number of carbonyl (C=O) groups is 2. The van der Waals surface area contributed by atoms with Crippen molar-refractivity contribution in [3.05, 3.63) is 11.4 Å². The van der Waals surface area contributed by atoms with E-state index < -0.39 is 5.97 Å². The molecule has 1 aromatic heterocycles. The van der Waals surface area contributed by atoms with Gasteiger partial charge in [0.2, 0.25) is 0 Å². The number of nitrogens with one attached hydrogen (secondary N) is 3. The Kier molecular flexibility index (Phi) is 6.02. The predicted molar refractivity (Wildman–Crippen MR) is 75.7 cm³/mol. The molecule has 0 aromatic carbocycles. The van der Waals surface area contributed by atoms with Gasteiger partial charge in [-0.05, 0) is 32.6 Å². The molecule has 0 radical (unpaired) electrons. The maximum atomic E-state index is 11.7. The van der Waals surface area contributed by atoms with Gasteiger partial charge in [0.1, 0.15) is 0 Å². The number of aromatic amines is 1. The third-order valence-electron chi connectivity index (χ3n) is 3.14. The average molecular weight is 282 g/mol. The van der Waals surface area contributed by atoms with Crippen LogP contribution in [0.5, 0.6) is 0 Å². The number of amides is 2. The highest BCUT2D eigenvalue weighted by molar-refractivity contribution is 5.90. The number of nitrogens with zero attached hydrogens (tertiary/aromatic N) is 1. The van der Waals surface area contributed by atoms with Crippen LogP contribution in [0.1, 0.15) is 37.6 Å². The quantitative estimate of drug-likeness (QED) is 0.613. The minimum atomic E-state index is -0.784. The summed E-state index contributed by atoms with van der Waals surface area (Å²) < 4.78 is 0. The lowest BCUT2D eigenvalue weighted by Gasteiger charge is -2.11. The predicted octanol–water partition coefficient (Wildman–Crippen LogP) is 2.04. The van der Waals surface area contributed by atoms with Crippen molar-refractivity contribution < 1.29 is 14.7 Å². The molecule has 0 saturated heterocycles. The highest BCUT2D eigenvalue weighted by Gasteiger charge is 2.10. The number of carbonyl (C=O) groups excluding carboxylic acids is 1. The van der Waals surface area contributed by atoms with Gasteiger partial charge in [0.25, 0.3) is 0 Å². The number of rotatable bonds is 7. The second kappa shape index (κ2) is 7.52. The summed E-state index contributed by atoms with van der Waals surface area (Å²) in [6.07, 6.45) is 1.55. The Balaban J connectivity index is 2.25. The third-order valence-corrected chi connectivity index (χ3v) is 3.14. The van der Waals surface area contributed by atoms with Crippen molar-refractivity contribution >= 4 is 17.7 Å². The van der Waals surface area contributed by atoms with E-state index >= 15 is 0 Å². The first kappa shape index (κ1) is 16.0. The molecule has 0 bridgehead atoms. The minimum Gasteiger partial charge on any atom is -0.481 e. The van der Waals surface area contributed by atoms with E-state index in [0.717, 1.165) is 17.8 Å². The maximum absolute atomic E-state index is 11.7. The van der Waals surface area contributed by atoms with Crippen molar-refractivity contribution in [2.45, 2.75) is 40.0 Å². The van der Waals surface area contributed by atoms with E-state index in [1.54, 1.807) is 0 Å². The molecular formula is C13H22N4O3. The second-order valence-electron chi connectivity index (χ2n) is 5.02. The van der Waals surface area contributed by atoms with E-state index in [-0.39, 0.29) is 18.4 Å². The van der Waals surface area contributed by atoms with Crippen LogP contribution >= 0.6 is 0 Å². The zero-order chi connectivity index (χ0) is 15.1. The van der Waals surface area contributed by atoms with Gasteiger partial charge in [-0.25, -0.2) is 4.79 Å². The number of carboxylic acid groups (broad SMARTS) is 1. The van der Waals surface area contributed by atoms with Crippen LogP contribution in [-0.2, 0) is 4.79 Å². The Morgan fingerprint density at radius 2 is 2.05 bits per heavy atom. The topological polar surface area (TPSA) is 107 Å².